The highest BCUT2D eigenvalue weighted by Crippen LogP contribution is 2.28. The number of hydrogen-bond acceptors (Lipinski definition) is 2. The Morgan fingerprint density at radius 3 is 2.47 bits per heavy atom. The number of anilines is 1. The number of rotatable bonds is 5. The summed E-state index contributed by atoms with van der Waals surface area (Å²) in [6, 6.07) is 3.18. The first-order chi connectivity index (χ1) is 8.76. The number of carboxylic acids is 1. The van der Waals surface area contributed by atoms with Crippen molar-refractivity contribution in [1.82, 2.24) is 0 Å². The minimum Gasteiger partial charge on any atom is -0.478 e. The second-order valence-corrected chi connectivity index (χ2v) is 3.98. The first kappa shape index (κ1) is 15.3. The lowest BCUT2D eigenvalue weighted by molar-refractivity contribution is -0.119. The zero-order valence-corrected chi connectivity index (χ0v) is 10.2. The topological polar surface area (TPSA) is 40.5 Å². The van der Waals surface area contributed by atoms with Gasteiger partial charge in [-0.3, -0.25) is 0 Å². The fourth-order valence-corrected chi connectivity index (χ4v) is 1.77. The lowest BCUT2D eigenvalue weighted by Gasteiger charge is -2.27. The van der Waals surface area contributed by atoms with Gasteiger partial charge in [0.2, 0.25) is 0 Å². The molecule has 1 rings (SSSR count). The van der Waals surface area contributed by atoms with Crippen molar-refractivity contribution in [3.63, 3.8) is 0 Å². The Balaban J connectivity index is 3.25. The third-order valence-corrected chi connectivity index (χ3v) is 2.40. The SMILES string of the molecule is CCCN(CC(F)(F)F)c1c(F)cccc1C(=O)O. The molecule has 0 bridgehead atoms. The van der Waals surface area contributed by atoms with Gasteiger partial charge in [0, 0.05) is 6.54 Å². The highest BCUT2D eigenvalue weighted by molar-refractivity contribution is 5.94. The Labute approximate surface area is 107 Å². The monoisotopic (exact) mass is 279 g/mol. The second-order valence-electron chi connectivity index (χ2n) is 3.98. The Bertz CT molecular complexity index is 460. The van der Waals surface area contributed by atoms with Crippen molar-refractivity contribution in [3.05, 3.63) is 29.6 Å². The summed E-state index contributed by atoms with van der Waals surface area (Å²) < 4.78 is 51.1. The van der Waals surface area contributed by atoms with Crippen LogP contribution in [0, 0.1) is 5.82 Å². The lowest BCUT2D eigenvalue weighted by Crippen LogP contribution is -2.36. The van der Waals surface area contributed by atoms with E-state index in [1.165, 1.54) is 0 Å². The van der Waals surface area contributed by atoms with Gasteiger partial charge in [-0.25, -0.2) is 9.18 Å². The standard InChI is InChI=1S/C12H13F4NO2/c1-2-6-17(7-12(14,15)16)10-8(11(18)19)4-3-5-9(10)13/h3-5H,2,6-7H2,1H3,(H,18,19). The molecule has 0 amide bonds. The molecule has 0 saturated carbocycles. The molecule has 0 aliphatic rings. The highest BCUT2D eigenvalue weighted by atomic mass is 19.4. The Morgan fingerprint density at radius 1 is 1.37 bits per heavy atom. The van der Waals surface area contributed by atoms with Crippen LogP contribution in [0.25, 0.3) is 0 Å². The van der Waals surface area contributed by atoms with Crippen molar-refractivity contribution in [2.45, 2.75) is 19.5 Å². The number of carbonyl (C=O) groups is 1. The van der Waals surface area contributed by atoms with E-state index >= 15 is 0 Å². The van der Waals surface area contributed by atoms with Crippen LogP contribution in [0.15, 0.2) is 18.2 Å². The molecule has 0 radical (unpaired) electrons. The highest BCUT2D eigenvalue weighted by Gasteiger charge is 2.33. The second kappa shape index (κ2) is 5.90. The van der Waals surface area contributed by atoms with Gasteiger partial charge >= 0.3 is 12.1 Å². The van der Waals surface area contributed by atoms with Crippen LogP contribution in [0.2, 0.25) is 0 Å². The summed E-state index contributed by atoms with van der Waals surface area (Å²) in [5, 5.41) is 8.93. The summed E-state index contributed by atoms with van der Waals surface area (Å²) in [4.78, 5) is 11.7. The average molecular weight is 279 g/mol. The van der Waals surface area contributed by atoms with Crippen LogP contribution in [-0.4, -0.2) is 30.3 Å². The predicted octanol–water partition coefficient (Wildman–Crippen LogP) is 3.30. The number of halogens is 4. The maximum atomic E-state index is 13.7. The fourth-order valence-electron chi connectivity index (χ4n) is 1.77. The van der Waals surface area contributed by atoms with Gasteiger partial charge < -0.3 is 10.0 Å². The minimum absolute atomic E-state index is 0.0826. The van der Waals surface area contributed by atoms with Gasteiger partial charge in [-0.2, -0.15) is 13.2 Å². The van der Waals surface area contributed by atoms with Gasteiger partial charge in [0.25, 0.3) is 0 Å². The number of hydrogen-bond donors (Lipinski definition) is 1. The van der Waals surface area contributed by atoms with E-state index in [2.05, 4.69) is 0 Å². The molecule has 3 nitrogen and oxygen atoms in total. The van der Waals surface area contributed by atoms with Crippen LogP contribution in [0.4, 0.5) is 23.2 Å². The third-order valence-electron chi connectivity index (χ3n) is 2.40. The summed E-state index contributed by atoms with van der Waals surface area (Å²) in [7, 11) is 0. The minimum atomic E-state index is -4.53. The van der Waals surface area contributed by atoms with Gasteiger partial charge in [0.15, 0.2) is 0 Å². The quantitative estimate of drug-likeness (QED) is 0.841. The molecule has 0 heterocycles. The Kier molecular flexibility index (Phi) is 4.74. The molecular formula is C12H13F4NO2. The van der Waals surface area contributed by atoms with Gasteiger partial charge in [-0.1, -0.05) is 13.0 Å². The maximum absolute atomic E-state index is 13.7. The first-order valence-corrected chi connectivity index (χ1v) is 5.59. The summed E-state index contributed by atoms with van der Waals surface area (Å²) in [5.74, 6) is -2.43. The molecule has 0 aromatic heterocycles. The average Bonchev–Trinajstić information content (AvgIpc) is 2.26. The van der Waals surface area contributed by atoms with Crippen LogP contribution < -0.4 is 4.90 Å². The number of alkyl halides is 3. The number of carboxylic acid groups (broad SMARTS) is 1. The van der Waals surface area contributed by atoms with E-state index in [9.17, 15) is 22.4 Å². The molecule has 1 aromatic rings. The summed E-state index contributed by atoms with van der Waals surface area (Å²) >= 11 is 0. The van der Waals surface area contributed by atoms with E-state index in [-0.39, 0.29) is 6.54 Å². The number of aromatic carboxylic acids is 1. The van der Waals surface area contributed by atoms with Crippen LogP contribution in [-0.2, 0) is 0 Å². The zero-order chi connectivity index (χ0) is 14.6. The largest absolute Gasteiger partial charge is 0.478 e. The van der Waals surface area contributed by atoms with Crippen molar-refractivity contribution in [2.75, 3.05) is 18.0 Å². The number of para-hydroxylation sites is 1. The molecule has 0 aliphatic heterocycles. The molecule has 0 unspecified atom stereocenters. The van der Waals surface area contributed by atoms with Crippen molar-refractivity contribution in [1.29, 1.82) is 0 Å². The summed E-state index contributed by atoms with van der Waals surface area (Å²) in [6.07, 6.45) is -4.20. The number of benzene rings is 1. The van der Waals surface area contributed by atoms with Crippen molar-refractivity contribution in [2.24, 2.45) is 0 Å². The van der Waals surface area contributed by atoms with Crippen molar-refractivity contribution < 1.29 is 27.5 Å². The maximum Gasteiger partial charge on any atom is 0.405 e. The van der Waals surface area contributed by atoms with Crippen LogP contribution in [0.5, 0.6) is 0 Å². The van der Waals surface area contributed by atoms with E-state index in [0.717, 1.165) is 18.2 Å². The van der Waals surface area contributed by atoms with Crippen molar-refractivity contribution >= 4 is 11.7 Å². The number of nitrogens with zero attached hydrogens (tertiary/aromatic N) is 1. The Morgan fingerprint density at radius 2 is 2.00 bits per heavy atom. The molecule has 19 heavy (non-hydrogen) atoms. The Hall–Kier alpha value is -1.79. The molecule has 0 saturated heterocycles. The van der Waals surface area contributed by atoms with Crippen LogP contribution in [0.3, 0.4) is 0 Å². The predicted molar refractivity (Wildman–Crippen MR) is 61.9 cm³/mol. The first-order valence-electron chi connectivity index (χ1n) is 5.59. The summed E-state index contributed by atoms with van der Waals surface area (Å²) in [5.41, 5.74) is -0.994. The molecule has 0 atom stereocenters. The summed E-state index contributed by atoms with van der Waals surface area (Å²) in [6.45, 7) is 0.160. The molecule has 1 aromatic carbocycles. The van der Waals surface area contributed by atoms with Crippen LogP contribution in [0.1, 0.15) is 23.7 Å². The van der Waals surface area contributed by atoms with Crippen molar-refractivity contribution in [3.8, 4) is 0 Å². The van der Waals surface area contributed by atoms with E-state index in [1.807, 2.05) is 0 Å². The molecule has 0 spiro atoms. The molecular weight excluding hydrogens is 266 g/mol. The lowest BCUT2D eigenvalue weighted by atomic mass is 10.1. The van der Waals surface area contributed by atoms with Crippen LogP contribution >= 0.6 is 0 Å². The van der Waals surface area contributed by atoms with E-state index in [1.54, 1.807) is 6.92 Å². The van der Waals surface area contributed by atoms with E-state index in [4.69, 9.17) is 5.11 Å². The zero-order valence-electron chi connectivity index (χ0n) is 10.2. The smallest absolute Gasteiger partial charge is 0.405 e. The van der Waals surface area contributed by atoms with E-state index in [0.29, 0.717) is 11.3 Å². The molecule has 106 valence electrons. The van der Waals surface area contributed by atoms with Gasteiger partial charge in [-0.15, -0.1) is 0 Å². The molecule has 0 aliphatic carbocycles. The van der Waals surface area contributed by atoms with Gasteiger partial charge in [0.1, 0.15) is 12.4 Å². The molecule has 1 N–H and O–H groups in total. The molecule has 7 heteroatoms. The molecule has 0 fully saturated rings. The normalized spacial score (nSPS) is 11.4. The van der Waals surface area contributed by atoms with Gasteiger partial charge in [-0.05, 0) is 18.6 Å². The third kappa shape index (κ3) is 4.11. The van der Waals surface area contributed by atoms with Gasteiger partial charge in [0.05, 0.1) is 11.3 Å². The van der Waals surface area contributed by atoms with E-state index < -0.39 is 35.8 Å². The fraction of sp³-hybridized carbons (Fsp3) is 0.417.